The first-order valence-electron chi connectivity index (χ1n) is 6.48. The van der Waals surface area contributed by atoms with Gasteiger partial charge in [-0.1, -0.05) is 13.8 Å². The second-order valence-corrected chi connectivity index (χ2v) is 4.62. The van der Waals surface area contributed by atoms with Crippen molar-refractivity contribution in [3.63, 3.8) is 0 Å². The highest BCUT2D eigenvalue weighted by Crippen LogP contribution is 2.24. The van der Waals surface area contributed by atoms with Crippen molar-refractivity contribution in [2.75, 3.05) is 13.6 Å². The predicted octanol–water partition coefficient (Wildman–Crippen LogP) is 2.51. The molecule has 1 aromatic heterocycles. The van der Waals surface area contributed by atoms with Gasteiger partial charge in [0.25, 0.3) is 0 Å². The summed E-state index contributed by atoms with van der Waals surface area (Å²) in [6.45, 7) is 7.22. The Morgan fingerprint density at radius 2 is 2.00 bits per heavy atom. The zero-order chi connectivity index (χ0) is 12.8. The monoisotopic (exact) mass is 235 g/mol. The van der Waals surface area contributed by atoms with Crippen LogP contribution in [0, 0.1) is 6.92 Å². The van der Waals surface area contributed by atoms with Crippen molar-refractivity contribution < 1.29 is 0 Å². The van der Waals surface area contributed by atoms with Gasteiger partial charge in [0, 0.05) is 31.0 Å². The minimum Gasteiger partial charge on any atom is -0.329 e. The van der Waals surface area contributed by atoms with Gasteiger partial charge in [-0.3, -0.25) is 9.88 Å². The van der Waals surface area contributed by atoms with Crippen LogP contribution in [0.15, 0.2) is 18.5 Å². The van der Waals surface area contributed by atoms with Gasteiger partial charge in [0.15, 0.2) is 0 Å². The summed E-state index contributed by atoms with van der Waals surface area (Å²) < 4.78 is 0. The van der Waals surface area contributed by atoms with Gasteiger partial charge in [-0.05, 0) is 44.0 Å². The van der Waals surface area contributed by atoms with Gasteiger partial charge >= 0.3 is 0 Å². The number of likely N-dealkylation sites (N-methyl/N-ethyl adjacent to an activating group) is 1. The molecule has 0 fully saturated rings. The molecule has 0 saturated carbocycles. The normalized spacial score (nSPS) is 13.4. The third-order valence-corrected chi connectivity index (χ3v) is 3.67. The van der Waals surface area contributed by atoms with Crippen molar-refractivity contribution in [3.8, 4) is 0 Å². The Bertz CT molecular complexity index is 334. The number of hydrogen-bond acceptors (Lipinski definition) is 3. The van der Waals surface area contributed by atoms with E-state index in [0.717, 1.165) is 12.8 Å². The second kappa shape index (κ2) is 6.72. The van der Waals surface area contributed by atoms with Gasteiger partial charge in [0.2, 0.25) is 0 Å². The third-order valence-electron chi connectivity index (χ3n) is 3.67. The topological polar surface area (TPSA) is 42.1 Å². The average molecular weight is 235 g/mol. The minimum atomic E-state index is 0.272. The average Bonchev–Trinajstić information content (AvgIpc) is 2.34. The SMILES string of the molecule is CCC(CC)N(C)C(CN)c1cnccc1C. The summed E-state index contributed by atoms with van der Waals surface area (Å²) in [4.78, 5) is 6.62. The summed E-state index contributed by atoms with van der Waals surface area (Å²) in [5.41, 5.74) is 8.48. The first-order valence-corrected chi connectivity index (χ1v) is 6.48. The molecule has 0 saturated heterocycles. The van der Waals surface area contributed by atoms with Gasteiger partial charge < -0.3 is 5.73 Å². The van der Waals surface area contributed by atoms with Crippen LogP contribution < -0.4 is 5.73 Å². The maximum Gasteiger partial charge on any atom is 0.0488 e. The van der Waals surface area contributed by atoms with Crippen LogP contribution in [0.5, 0.6) is 0 Å². The van der Waals surface area contributed by atoms with Crippen LogP contribution in [-0.2, 0) is 0 Å². The standard InChI is InChI=1S/C14H25N3/c1-5-12(6-2)17(4)14(9-15)13-10-16-8-7-11(13)3/h7-8,10,12,14H,5-6,9,15H2,1-4H3. The van der Waals surface area contributed by atoms with Crippen LogP contribution in [0.2, 0.25) is 0 Å². The Labute approximate surface area is 105 Å². The number of aryl methyl sites for hydroxylation is 1. The minimum absolute atomic E-state index is 0.272. The zero-order valence-corrected chi connectivity index (χ0v) is 11.5. The molecule has 0 aromatic carbocycles. The second-order valence-electron chi connectivity index (χ2n) is 4.62. The molecule has 0 aliphatic heterocycles. The summed E-state index contributed by atoms with van der Waals surface area (Å²) in [5, 5.41) is 0. The van der Waals surface area contributed by atoms with Crippen molar-refractivity contribution in [2.45, 2.75) is 45.7 Å². The Balaban J connectivity index is 2.95. The Kier molecular flexibility index (Phi) is 5.59. The van der Waals surface area contributed by atoms with Gasteiger partial charge in [-0.25, -0.2) is 0 Å². The van der Waals surface area contributed by atoms with Crippen LogP contribution in [0.4, 0.5) is 0 Å². The van der Waals surface area contributed by atoms with E-state index in [0.29, 0.717) is 12.6 Å². The molecule has 0 bridgehead atoms. The van der Waals surface area contributed by atoms with E-state index in [-0.39, 0.29) is 6.04 Å². The van der Waals surface area contributed by atoms with Gasteiger partial charge in [-0.15, -0.1) is 0 Å². The molecule has 0 radical (unpaired) electrons. The number of hydrogen-bond donors (Lipinski definition) is 1. The Morgan fingerprint density at radius 1 is 1.35 bits per heavy atom. The molecule has 3 heteroatoms. The quantitative estimate of drug-likeness (QED) is 0.824. The highest BCUT2D eigenvalue weighted by molar-refractivity contribution is 5.25. The fraction of sp³-hybridized carbons (Fsp3) is 0.643. The predicted molar refractivity (Wildman–Crippen MR) is 72.9 cm³/mol. The molecule has 1 aromatic rings. The maximum atomic E-state index is 5.95. The zero-order valence-electron chi connectivity index (χ0n) is 11.5. The third kappa shape index (κ3) is 3.27. The Morgan fingerprint density at radius 3 is 2.47 bits per heavy atom. The molecule has 1 atom stereocenters. The first-order chi connectivity index (χ1) is 8.15. The van der Waals surface area contributed by atoms with Crippen molar-refractivity contribution in [2.24, 2.45) is 5.73 Å². The van der Waals surface area contributed by atoms with E-state index in [1.807, 2.05) is 12.4 Å². The summed E-state index contributed by atoms with van der Waals surface area (Å²) in [5.74, 6) is 0. The van der Waals surface area contributed by atoms with E-state index < -0.39 is 0 Å². The number of nitrogens with two attached hydrogens (primary N) is 1. The summed E-state index contributed by atoms with van der Waals surface area (Å²) in [6, 6.07) is 2.91. The van der Waals surface area contributed by atoms with E-state index in [9.17, 15) is 0 Å². The maximum absolute atomic E-state index is 5.95. The lowest BCUT2D eigenvalue weighted by Gasteiger charge is -2.34. The molecule has 1 unspecified atom stereocenters. The van der Waals surface area contributed by atoms with Crippen molar-refractivity contribution in [3.05, 3.63) is 29.6 Å². The van der Waals surface area contributed by atoms with Crippen LogP contribution in [-0.4, -0.2) is 29.5 Å². The van der Waals surface area contributed by atoms with E-state index >= 15 is 0 Å². The molecule has 3 nitrogen and oxygen atoms in total. The lowest BCUT2D eigenvalue weighted by molar-refractivity contribution is 0.167. The molecule has 1 heterocycles. The number of aromatic nitrogens is 1. The van der Waals surface area contributed by atoms with E-state index in [4.69, 9.17) is 5.73 Å². The van der Waals surface area contributed by atoms with E-state index in [1.54, 1.807) is 0 Å². The van der Waals surface area contributed by atoms with Crippen LogP contribution >= 0.6 is 0 Å². The van der Waals surface area contributed by atoms with Crippen LogP contribution in [0.3, 0.4) is 0 Å². The van der Waals surface area contributed by atoms with E-state index in [1.165, 1.54) is 11.1 Å². The molecule has 0 spiro atoms. The fourth-order valence-corrected chi connectivity index (χ4v) is 2.46. The van der Waals surface area contributed by atoms with Crippen LogP contribution in [0.1, 0.15) is 43.9 Å². The first kappa shape index (κ1) is 14.1. The van der Waals surface area contributed by atoms with Crippen molar-refractivity contribution in [1.82, 2.24) is 9.88 Å². The summed E-state index contributed by atoms with van der Waals surface area (Å²) in [7, 11) is 2.17. The number of rotatable bonds is 6. The Hall–Kier alpha value is -0.930. The van der Waals surface area contributed by atoms with Crippen molar-refractivity contribution in [1.29, 1.82) is 0 Å². The highest BCUT2D eigenvalue weighted by Gasteiger charge is 2.22. The lowest BCUT2D eigenvalue weighted by Crippen LogP contribution is -2.38. The molecular weight excluding hydrogens is 210 g/mol. The molecule has 96 valence electrons. The summed E-state index contributed by atoms with van der Waals surface area (Å²) >= 11 is 0. The summed E-state index contributed by atoms with van der Waals surface area (Å²) in [6.07, 6.45) is 6.10. The van der Waals surface area contributed by atoms with Crippen LogP contribution in [0.25, 0.3) is 0 Å². The molecular formula is C14H25N3. The molecule has 2 N–H and O–H groups in total. The molecule has 17 heavy (non-hydrogen) atoms. The van der Waals surface area contributed by atoms with Crippen molar-refractivity contribution >= 4 is 0 Å². The highest BCUT2D eigenvalue weighted by atomic mass is 15.2. The largest absolute Gasteiger partial charge is 0.329 e. The van der Waals surface area contributed by atoms with E-state index in [2.05, 4.69) is 43.8 Å². The number of nitrogens with zero attached hydrogens (tertiary/aromatic N) is 2. The van der Waals surface area contributed by atoms with Gasteiger partial charge in [0.1, 0.15) is 0 Å². The van der Waals surface area contributed by atoms with Gasteiger partial charge in [-0.2, -0.15) is 0 Å². The fourth-order valence-electron chi connectivity index (χ4n) is 2.46. The number of pyridine rings is 1. The molecule has 0 amide bonds. The molecule has 0 aliphatic rings. The molecule has 1 rings (SSSR count). The molecule has 0 aliphatic carbocycles. The lowest BCUT2D eigenvalue weighted by atomic mass is 10.00. The van der Waals surface area contributed by atoms with Gasteiger partial charge in [0.05, 0.1) is 0 Å². The smallest absolute Gasteiger partial charge is 0.0488 e.